The van der Waals surface area contributed by atoms with Crippen molar-refractivity contribution in [2.24, 2.45) is 0 Å². The van der Waals surface area contributed by atoms with E-state index in [1.807, 2.05) is 18.2 Å². The molecule has 5 nitrogen and oxygen atoms in total. The summed E-state index contributed by atoms with van der Waals surface area (Å²) in [6.45, 7) is 0. The lowest BCUT2D eigenvalue weighted by Gasteiger charge is -2.11. The minimum Gasteiger partial charge on any atom is -0.493 e. The van der Waals surface area contributed by atoms with E-state index in [9.17, 15) is 4.79 Å². The van der Waals surface area contributed by atoms with Gasteiger partial charge >= 0.3 is 0 Å². The zero-order valence-electron chi connectivity index (χ0n) is 11.0. The molecule has 0 aliphatic carbocycles. The topological polar surface area (TPSA) is 64.2 Å². The van der Waals surface area contributed by atoms with Crippen molar-refractivity contribution in [2.45, 2.75) is 12.8 Å². The van der Waals surface area contributed by atoms with Gasteiger partial charge in [-0.25, -0.2) is 4.98 Å². The van der Waals surface area contributed by atoms with E-state index in [0.717, 1.165) is 5.56 Å². The van der Waals surface area contributed by atoms with Crippen LogP contribution in [0.25, 0.3) is 0 Å². The zero-order valence-corrected chi connectivity index (χ0v) is 11.0. The average molecular weight is 260 g/mol. The van der Waals surface area contributed by atoms with Crippen molar-refractivity contribution in [1.82, 2.24) is 9.97 Å². The van der Waals surface area contributed by atoms with Gasteiger partial charge in [0.1, 0.15) is 5.69 Å². The van der Waals surface area contributed by atoms with E-state index in [2.05, 4.69) is 9.97 Å². The Morgan fingerprint density at radius 1 is 1.32 bits per heavy atom. The maximum absolute atomic E-state index is 11.9. The molecule has 100 valence electrons. The Bertz CT molecular complexity index is 550. The molecule has 1 aromatic heterocycles. The number of carbonyl (C=O) groups excluding carboxylic acids is 1. The number of hydrogen-bond acceptors (Lipinski definition) is 4. The molecule has 0 fully saturated rings. The van der Waals surface area contributed by atoms with E-state index >= 15 is 0 Å². The maximum atomic E-state index is 11.9. The van der Waals surface area contributed by atoms with Crippen molar-refractivity contribution < 1.29 is 14.3 Å². The largest absolute Gasteiger partial charge is 0.493 e. The molecular weight excluding hydrogens is 244 g/mol. The summed E-state index contributed by atoms with van der Waals surface area (Å²) in [7, 11) is 3.19. The van der Waals surface area contributed by atoms with Crippen LogP contribution in [0.5, 0.6) is 11.5 Å². The monoisotopic (exact) mass is 260 g/mol. The van der Waals surface area contributed by atoms with Crippen LogP contribution in [0.1, 0.15) is 22.5 Å². The van der Waals surface area contributed by atoms with Gasteiger partial charge in [-0.3, -0.25) is 4.79 Å². The van der Waals surface area contributed by atoms with Crippen molar-refractivity contribution in [3.63, 3.8) is 0 Å². The van der Waals surface area contributed by atoms with Gasteiger partial charge in [0.05, 0.1) is 26.7 Å². The van der Waals surface area contributed by atoms with E-state index in [1.165, 1.54) is 12.5 Å². The Kier molecular flexibility index (Phi) is 4.18. The fourth-order valence-corrected chi connectivity index (χ4v) is 1.94. The predicted octanol–water partition coefficient (Wildman–Crippen LogP) is 2.24. The van der Waals surface area contributed by atoms with Crippen LogP contribution in [-0.2, 0) is 6.42 Å². The van der Waals surface area contributed by atoms with E-state index < -0.39 is 0 Å². The van der Waals surface area contributed by atoms with Crippen LogP contribution in [0.2, 0.25) is 0 Å². The third kappa shape index (κ3) is 2.93. The van der Waals surface area contributed by atoms with Gasteiger partial charge in [0, 0.05) is 6.42 Å². The minimum atomic E-state index is 0.0300. The lowest BCUT2D eigenvalue weighted by atomic mass is 10.0. The molecule has 0 bridgehead atoms. The number of benzene rings is 1. The van der Waals surface area contributed by atoms with Gasteiger partial charge in [-0.1, -0.05) is 12.1 Å². The van der Waals surface area contributed by atoms with Crippen molar-refractivity contribution in [3.05, 3.63) is 42.0 Å². The molecule has 1 aromatic carbocycles. The molecule has 0 amide bonds. The molecule has 0 atom stereocenters. The third-order valence-electron chi connectivity index (χ3n) is 2.90. The standard InChI is InChI=1S/C14H16N2O3/c1-18-13-5-3-4-10(14(13)19-2)6-7-12(17)11-8-15-9-16-11/h3-5,8-9H,6-7H2,1-2H3,(H,15,16). The molecular formula is C14H16N2O3. The summed E-state index contributed by atoms with van der Waals surface area (Å²) in [4.78, 5) is 18.5. The number of nitrogens with one attached hydrogen (secondary N) is 1. The number of methoxy groups -OCH3 is 2. The molecule has 2 rings (SSSR count). The number of carbonyl (C=O) groups is 1. The SMILES string of the molecule is COc1cccc(CCC(=O)c2cnc[nH]2)c1OC. The second-order valence-electron chi connectivity index (χ2n) is 4.04. The van der Waals surface area contributed by atoms with Crippen LogP contribution in [0, 0.1) is 0 Å². The van der Waals surface area contributed by atoms with Gasteiger partial charge < -0.3 is 14.5 Å². The summed E-state index contributed by atoms with van der Waals surface area (Å²) >= 11 is 0. The summed E-state index contributed by atoms with van der Waals surface area (Å²) in [5.41, 5.74) is 1.48. The highest BCUT2D eigenvalue weighted by molar-refractivity contribution is 5.94. The third-order valence-corrected chi connectivity index (χ3v) is 2.90. The van der Waals surface area contributed by atoms with Crippen LogP contribution in [-0.4, -0.2) is 30.0 Å². The highest BCUT2D eigenvalue weighted by atomic mass is 16.5. The van der Waals surface area contributed by atoms with Gasteiger partial charge in [-0.2, -0.15) is 0 Å². The second kappa shape index (κ2) is 6.04. The van der Waals surface area contributed by atoms with Crippen molar-refractivity contribution >= 4 is 5.78 Å². The first-order valence-corrected chi connectivity index (χ1v) is 5.97. The number of aromatic amines is 1. The molecule has 5 heteroatoms. The molecule has 0 radical (unpaired) electrons. The number of hydrogen-bond donors (Lipinski definition) is 1. The lowest BCUT2D eigenvalue weighted by Crippen LogP contribution is -2.03. The molecule has 1 N–H and O–H groups in total. The van der Waals surface area contributed by atoms with Crippen LogP contribution in [0.4, 0.5) is 0 Å². The Morgan fingerprint density at radius 2 is 2.16 bits per heavy atom. The molecule has 2 aromatic rings. The highest BCUT2D eigenvalue weighted by Crippen LogP contribution is 2.31. The van der Waals surface area contributed by atoms with E-state index in [1.54, 1.807) is 14.2 Å². The molecule has 0 spiro atoms. The van der Waals surface area contributed by atoms with Crippen molar-refractivity contribution in [3.8, 4) is 11.5 Å². The molecule has 0 aliphatic heterocycles. The average Bonchev–Trinajstić information content (AvgIpc) is 2.98. The molecule has 0 saturated carbocycles. The van der Waals surface area contributed by atoms with Gasteiger partial charge in [0.15, 0.2) is 17.3 Å². The fourth-order valence-electron chi connectivity index (χ4n) is 1.94. The van der Waals surface area contributed by atoms with E-state index in [0.29, 0.717) is 30.0 Å². The predicted molar refractivity (Wildman–Crippen MR) is 70.8 cm³/mol. The van der Waals surface area contributed by atoms with Crippen LogP contribution in [0.15, 0.2) is 30.7 Å². The molecule has 0 unspecified atom stereocenters. The van der Waals surface area contributed by atoms with Crippen LogP contribution >= 0.6 is 0 Å². The highest BCUT2D eigenvalue weighted by Gasteiger charge is 2.12. The smallest absolute Gasteiger partial charge is 0.180 e. The Balaban J connectivity index is 2.09. The molecule has 1 heterocycles. The summed E-state index contributed by atoms with van der Waals surface area (Å²) in [5.74, 6) is 1.39. The number of imidazole rings is 1. The summed E-state index contributed by atoms with van der Waals surface area (Å²) in [6.07, 6.45) is 4.02. The Morgan fingerprint density at radius 3 is 2.79 bits per heavy atom. The van der Waals surface area contributed by atoms with Crippen LogP contribution in [0.3, 0.4) is 0 Å². The Hall–Kier alpha value is -2.30. The summed E-state index contributed by atoms with van der Waals surface area (Å²) in [6, 6.07) is 5.65. The Labute approximate surface area is 111 Å². The van der Waals surface area contributed by atoms with E-state index in [-0.39, 0.29) is 5.78 Å². The quantitative estimate of drug-likeness (QED) is 0.809. The minimum absolute atomic E-state index is 0.0300. The number of aryl methyl sites for hydroxylation is 1. The molecule has 0 saturated heterocycles. The normalized spacial score (nSPS) is 10.2. The van der Waals surface area contributed by atoms with Gasteiger partial charge in [-0.15, -0.1) is 0 Å². The molecule has 0 aliphatic rings. The number of aromatic nitrogens is 2. The second-order valence-corrected chi connectivity index (χ2v) is 4.04. The maximum Gasteiger partial charge on any atom is 0.180 e. The first-order valence-electron chi connectivity index (χ1n) is 5.97. The zero-order chi connectivity index (χ0) is 13.7. The van der Waals surface area contributed by atoms with E-state index in [4.69, 9.17) is 9.47 Å². The lowest BCUT2D eigenvalue weighted by molar-refractivity contribution is 0.0978. The number of ketones is 1. The van der Waals surface area contributed by atoms with Crippen LogP contribution < -0.4 is 9.47 Å². The van der Waals surface area contributed by atoms with Crippen molar-refractivity contribution in [1.29, 1.82) is 0 Å². The van der Waals surface area contributed by atoms with Crippen molar-refractivity contribution in [2.75, 3.05) is 14.2 Å². The number of rotatable bonds is 6. The number of para-hydroxylation sites is 1. The number of nitrogens with zero attached hydrogens (tertiary/aromatic N) is 1. The first-order chi connectivity index (χ1) is 9.26. The number of H-pyrrole nitrogens is 1. The number of Topliss-reactive ketones (excluding diaryl/α,β-unsaturated/α-hetero) is 1. The fraction of sp³-hybridized carbons (Fsp3) is 0.286. The first kappa shape index (κ1) is 13.1. The van der Waals surface area contributed by atoms with Gasteiger partial charge in [-0.05, 0) is 18.1 Å². The van der Waals surface area contributed by atoms with Gasteiger partial charge in [0.25, 0.3) is 0 Å². The van der Waals surface area contributed by atoms with Gasteiger partial charge in [0.2, 0.25) is 0 Å². The number of ether oxygens (including phenoxy) is 2. The molecule has 19 heavy (non-hydrogen) atoms. The summed E-state index contributed by atoms with van der Waals surface area (Å²) in [5, 5.41) is 0. The summed E-state index contributed by atoms with van der Waals surface area (Å²) < 4.78 is 10.6.